The molecule has 1 N–H and O–H groups in total. The standard InChI is InChI=1S/C28H45ClNO.BrH/c1-4-5-6-7-8-9-10-11-12-19-24-30(2,3)25-28(31,26-20-15-13-16-21-26)27(29)22-17-14-18-23-27;/h13-18,20-22,31H,4-12,19,23-25H2,1-3H3;1H/q+1;/p-1. The molecule has 0 saturated heterocycles. The number of allylic oxidation sites excluding steroid dienone is 3. The number of aliphatic hydroxyl groups is 1. The summed E-state index contributed by atoms with van der Waals surface area (Å²) in [5.41, 5.74) is -0.224. The number of nitrogens with zero attached hydrogens (tertiary/aromatic N) is 1. The van der Waals surface area contributed by atoms with Gasteiger partial charge in [0, 0.05) is 0 Å². The molecule has 182 valence electrons. The van der Waals surface area contributed by atoms with Crippen molar-refractivity contribution in [2.45, 2.75) is 88.0 Å². The molecule has 2 nitrogen and oxygen atoms in total. The van der Waals surface area contributed by atoms with Crippen molar-refractivity contribution in [2.24, 2.45) is 0 Å². The molecule has 2 atom stereocenters. The zero-order valence-corrected chi connectivity index (χ0v) is 22.9. The molecule has 0 saturated carbocycles. The van der Waals surface area contributed by atoms with Crippen LogP contribution in [0.3, 0.4) is 0 Å². The molecule has 4 heteroatoms. The van der Waals surface area contributed by atoms with Crippen molar-refractivity contribution >= 4 is 11.6 Å². The summed E-state index contributed by atoms with van der Waals surface area (Å²) in [7, 11) is 4.45. The predicted molar refractivity (Wildman–Crippen MR) is 136 cm³/mol. The van der Waals surface area contributed by atoms with E-state index in [9.17, 15) is 5.11 Å². The maximum absolute atomic E-state index is 12.0. The van der Waals surface area contributed by atoms with Gasteiger partial charge in [-0.1, -0.05) is 113 Å². The zero-order valence-electron chi connectivity index (χ0n) is 20.5. The predicted octanol–water partition coefficient (Wildman–Crippen LogP) is 4.37. The lowest BCUT2D eigenvalue weighted by Gasteiger charge is -2.46. The van der Waals surface area contributed by atoms with Crippen LogP contribution >= 0.6 is 11.6 Å². The molecule has 0 aromatic heterocycles. The first-order valence-electron chi connectivity index (χ1n) is 12.5. The Morgan fingerprint density at radius 2 is 1.47 bits per heavy atom. The Hall–Kier alpha value is -0.610. The normalized spacial score (nSPS) is 20.0. The topological polar surface area (TPSA) is 20.2 Å². The van der Waals surface area contributed by atoms with Gasteiger partial charge in [-0.15, -0.1) is 11.6 Å². The summed E-state index contributed by atoms with van der Waals surface area (Å²) in [6.07, 6.45) is 22.1. The minimum absolute atomic E-state index is 0. The number of likely N-dealkylation sites (N-methyl/N-ethyl adjacent to an activating group) is 1. The van der Waals surface area contributed by atoms with Crippen LogP contribution in [0.15, 0.2) is 54.6 Å². The summed E-state index contributed by atoms with van der Waals surface area (Å²) in [6, 6.07) is 10.00. The molecule has 0 spiro atoms. The van der Waals surface area contributed by atoms with Gasteiger partial charge < -0.3 is 26.6 Å². The number of alkyl halides is 1. The van der Waals surface area contributed by atoms with Gasteiger partial charge in [0.05, 0.1) is 20.6 Å². The Bertz CT molecular complexity index is 690. The van der Waals surface area contributed by atoms with Crippen LogP contribution in [-0.4, -0.2) is 41.6 Å². The van der Waals surface area contributed by atoms with E-state index in [0.717, 1.165) is 16.6 Å². The molecular formula is C28H45BrClNO. The van der Waals surface area contributed by atoms with E-state index < -0.39 is 10.5 Å². The van der Waals surface area contributed by atoms with Crippen molar-refractivity contribution in [1.82, 2.24) is 0 Å². The summed E-state index contributed by atoms with van der Waals surface area (Å²) in [5, 5.41) is 12.0. The van der Waals surface area contributed by atoms with Gasteiger partial charge in [-0.2, -0.15) is 0 Å². The Balaban J connectivity index is 0.00000512. The lowest BCUT2D eigenvalue weighted by molar-refractivity contribution is -0.898. The second-order valence-electron chi connectivity index (χ2n) is 10.1. The van der Waals surface area contributed by atoms with Crippen molar-refractivity contribution in [3.63, 3.8) is 0 Å². The molecule has 1 aromatic carbocycles. The van der Waals surface area contributed by atoms with E-state index in [2.05, 4.69) is 27.1 Å². The molecule has 0 bridgehead atoms. The van der Waals surface area contributed by atoms with Crippen molar-refractivity contribution in [2.75, 3.05) is 27.2 Å². The van der Waals surface area contributed by atoms with Gasteiger partial charge in [-0.3, -0.25) is 0 Å². The highest BCUT2D eigenvalue weighted by molar-refractivity contribution is 6.26. The summed E-state index contributed by atoms with van der Waals surface area (Å²) in [5.74, 6) is 0. The number of quaternary nitrogens is 1. The maximum Gasteiger partial charge on any atom is 0.161 e. The van der Waals surface area contributed by atoms with E-state index in [1.807, 2.05) is 48.6 Å². The van der Waals surface area contributed by atoms with Crippen LogP contribution in [0.4, 0.5) is 0 Å². The second kappa shape index (κ2) is 14.6. The second-order valence-corrected chi connectivity index (χ2v) is 10.8. The number of halogens is 2. The summed E-state index contributed by atoms with van der Waals surface area (Å²) in [4.78, 5) is -0.823. The molecule has 32 heavy (non-hydrogen) atoms. The fraction of sp³-hybridized carbons (Fsp3) is 0.643. The van der Waals surface area contributed by atoms with E-state index in [1.54, 1.807) is 0 Å². The molecule has 0 fully saturated rings. The molecule has 0 aliphatic heterocycles. The van der Waals surface area contributed by atoms with E-state index in [1.165, 1.54) is 64.2 Å². The number of benzene rings is 1. The van der Waals surface area contributed by atoms with Gasteiger partial charge in [-0.05, 0) is 24.8 Å². The highest BCUT2D eigenvalue weighted by Crippen LogP contribution is 2.44. The monoisotopic (exact) mass is 525 g/mol. The molecular weight excluding hydrogens is 482 g/mol. The van der Waals surface area contributed by atoms with Gasteiger partial charge in [0.15, 0.2) is 5.60 Å². The molecule has 0 radical (unpaired) electrons. The Kier molecular flexibility index (Phi) is 13.4. The summed E-state index contributed by atoms with van der Waals surface area (Å²) in [6.45, 7) is 3.92. The zero-order chi connectivity index (χ0) is 22.6. The highest BCUT2D eigenvalue weighted by Gasteiger charge is 2.52. The maximum atomic E-state index is 12.0. The van der Waals surface area contributed by atoms with Crippen LogP contribution in [0.1, 0.15) is 83.1 Å². The molecule has 1 aliphatic rings. The van der Waals surface area contributed by atoms with E-state index in [4.69, 9.17) is 11.6 Å². The third kappa shape index (κ3) is 8.97. The molecule has 1 aromatic rings. The Morgan fingerprint density at radius 3 is 2.00 bits per heavy atom. The van der Waals surface area contributed by atoms with Gasteiger partial charge in [-0.25, -0.2) is 0 Å². The van der Waals surface area contributed by atoms with E-state index in [-0.39, 0.29) is 17.0 Å². The first-order chi connectivity index (χ1) is 14.8. The van der Waals surface area contributed by atoms with Crippen LogP contribution < -0.4 is 17.0 Å². The number of hydrogen-bond donors (Lipinski definition) is 1. The lowest BCUT2D eigenvalue weighted by Crippen LogP contribution is -3.00. The highest BCUT2D eigenvalue weighted by atomic mass is 79.9. The van der Waals surface area contributed by atoms with Crippen molar-refractivity contribution in [1.29, 1.82) is 0 Å². The van der Waals surface area contributed by atoms with Gasteiger partial charge in [0.25, 0.3) is 0 Å². The lowest BCUT2D eigenvalue weighted by atomic mass is 9.76. The Morgan fingerprint density at radius 1 is 0.906 bits per heavy atom. The average molecular weight is 527 g/mol. The molecule has 2 rings (SSSR count). The fourth-order valence-electron chi connectivity index (χ4n) is 4.80. The summed E-state index contributed by atoms with van der Waals surface area (Å²) < 4.78 is 0.758. The largest absolute Gasteiger partial charge is 1.00 e. The summed E-state index contributed by atoms with van der Waals surface area (Å²) >= 11 is 7.09. The van der Waals surface area contributed by atoms with Crippen molar-refractivity contribution in [3.8, 4) is 0 Å². The third-order valence-corrected chi connectivity index (χ3v) is 7.33. The van der Waals surface area contributed by atoms with E-state index >= 15 is 0 Å². The van der Waals surface area contributed by atoms with Crippen molar-refractivity contribution in [3.05, 3.63) is 60.2 Å². The van der Waals surface area contributed by atoms with Crippen LogP contribution in [0, 0.1) is 0 Å². The third-order valence-electron chi connectivity index (χ3n) is 6.74. The number of hydrogen-bond acceptors (Lipinski definition) is 1. The molecule has 1 aliphatic carbocycles. The Labute approximate surface area is 213 Å². The first-order valence-corrected chi connectivity index (χ1v) is 12.8. The van der Waals surface area contributed by atoms with Crippen molar-refractivity contribution < 1.29 is 26.6 Å². The fourth-order valence-corrected chi connectivity index (χ4v) is 5.13. The molecule has 0 heterocycles. The van der Waals surface area contributed by atoms with Gasteiger partial charge >= 0.3 is 0 Å². The minimum Gasteiger partial charge on any atom is -1.00 e. The molecule has 0 amide bonds. The van der Waals surface area contributed by atoms with Crippen LogP contribution in [0.25, 0.3) is 0 Å². The van der Waals surface area contributed by atoms with Crippen LogP contribution in [0.2, 0.25) is 0 Å². The first kappa shape index (κ1) is 29.4. The van der Waals surface area contributed by atoms with E-state index in [0.29, 0.717) is 13.0 Å². The smallest absolute Gasteiger partial charge is 0.161 e. The van der Waals surface area contributed by atoms with Gasteiger partial charge in [0.1, 0.15) is 11.4 Å². The van der Waals surface area contributed by atoms with Crippen LogP contribution in [0.5, 0.6) is 0 Å². The number of rotatable bonds is 15. The van der Waals surface area contributed by atoms with Crippen LogP contribution in [-0.2, 0) is 5.60 Å². The SMILES string of the molecule is CCCCCCCCCCCC[N+](C)(C)CC(O)(c1ccccc1)C1(Cl)C=CC=CC1.[Br-]. The quantitative estimate of drug-likeness (QED) is 0.204. The van der Waals surface area contributed by atoms with Gasteiger partial charge in [0.2, 0.25) is 0 Å². The average Bonchev–Trinajstić information content (AvgIpc) is 2.76. The number of unbranched alkanes of at least 4 members (excludes halogenated alkanes) is 9. The molecule has 2 unspecified atom stereocenters. The minimum atomic E-state index is -1.13.